The summed E-state index contributed by atoms with van der Waals surface area (Å²) in [6, 6.07) is 20.7. The Hall–Kier alpha value is -3.15. The first-order valence-electron chi connectivity index (χ1n) is 8.45. The second kappa shape index (κ2) is 9.17. The second-order valence-electron chi connectivity index (χ2n) is 5.82. The smallest absolute Gasteiger partial charge is 0.0949 e. The number of aryl methyl sites for hydroxylation is 1. The van der Waals surface area contributed by atoms with Gasteiger partial charge in [0.05, 0.1) is 11.6 Å². The molecule has 0 bridgehead atoms. The molecule has 4 heterocycles. The molecule has 0 saturated carbocycles. The summed E-state index contributed by atoms with van der Waals surface area (Å²) in [4.78, 5) is 16.9. The first kappa shape index (κ1) is 19.6. The summed E-state index contributed by atoms with van der Waals surface area (Å²) in [5.41, 5.74) is 4.68. The molecule has 6 nitrogen and oxygen atoms in total. The molecule has 0 aliphatic heterocycles. The van der Waals surface area contributed by atoms with Crippen molar-refractivity contribution in [1.82, 2.24) is 29.7 Å². The monoisotopic (exact) mass is 545 g/mol. The van der Waals surface area contributed by atoms with Crippen LogP contribution in [0.25, 0.3) is 28.4 Å². The van der Waals surface area contributed by atoms with Gasteiger partial charge in [0.25, 0.3) is 0 Å². The molecule has 7 heteroatoms. The molecule has 0 amide bonds. The Balaban J connectivity index is 0.000000156. The zero-order chi connectivity index (χ0) is 18.5. The molecule has 1 radical (unpaired) electrons. The van der Waals surface area contributed by atoms with Crippen LogP contribution in [0.15, 0.2) is 79.4 Å². The summed E-state index contributed by atoms with van der Waals surface area (Å²) in [6.07, 6.45) is 6.98. The minimum atomic E-state index is 0. The van der Waals surface area contributed by atoms with Gasteiger partial charge in [0.1, 0.15) is 0 Å². The Bertz CT molecular complexity index is 1090. The van der Waals surface area contributed by atoms with Gasteiger partial charge in [0, 0.05) is 38.0 Å². The van der Waals surface area contributed by atoms with Crippen molar-refractivity contribution >= 4 is 11.2 Å². The maximum atomic E-state index is 4.28. The first-order valence-corrected chi connectivity index (χ1v) is 8.45. The van der Waals surface area contributed by atoms with E-state index in [9.17, 15) is 0 Å². The Kier molecular flexibility index (Phi) is 6.42. The number of pyridine rings is 2. The predicted octanol–water partition coefficient (Wildman–Crippen LogP) is 3.63. The molecule has 0 atom stereocenters. The summed E-state index contributed by atoms with van der Waals surface area (Å²) in [7, 11) is 0. The van der Waals surface area contributed by atoms with E-state index >= 15 is 0 Å². The van der Waals surface area contributed by atoms with Crippen LogP contribution in [0.2, 0.25) is 0 Å². The van der Waals surface area contributed by atoms with Gasteiger partial charge < -0.3 is 19.9 Å². The summed E-state index contributed by atoms with van der Waals surface area (Å²) in [6.45, 7) is 2.05. The summed E-state index contributed by atoms with van der Waals surface area (Å²) in [5.74, 6) is 0.559. The van der Waals surface area contributed by atoms with Crippen LogP contribution < -0.4 is 4.98 Å². The number of aromatic nitrogens is 6. The average molecular weight is 545 g/mol. The summed E-state index contributed by atoms with van der Waals surface area (Å²) < 4.78 is 1.61. The number of hydrogen-bond donors (Lipinski definition) is 0. The molecular formula is C21H16IrN6-2. The van der Waals surface area contributed by atoms with Crippen molar-refractivity contribution in [3.63, 3.8) is 0 Å². The number of hydrogen-bond acceptors (Lipinski definition) is 4. The molecule has 0 unspecified atom stereocenters. The van der Waals surface area contributed by atoms with Gasteiger partial charge in [0.2, 0.25) is 0 Å². The van der Waals surface area contributed by atoms with E-state index in [0.717, 1.165) is 16.8 Å². The normalized spacial score (nSPS) is 10.0. The number of imidazole rings is 1. The van der Waals surface area contributed by atoms with Gasteiger partial charge in [0.15, 0.2) is 0 Å². The maximum Gasteiger partial charge on any atom is 0.0949 e. The number of benzene rings is 1. The van der Waals surface area contributed by atoms with Crippen molar-refractivity contribution in [3.05, 3.63) is 91.0 Å². The molecule has 0 aliphatic carbocycles. The fourth-order valence-electron chi connectivity index (χ4n) is 2.46. The number of fused-ring (bicyclic) bond motifs is 1. The van der Waals surface area contributed by atoms with Crippen molar-refractivity contribution in [2.24, 2.45) is 0 Å². The van der Waals surface area contributed by atoms with Crippen LogP contribution in [-0.4, -0.2) is 24.7 Å². The van der Waals surface area contributed by atoms with Gasteiger partial charge >= 0.3 is 0 Å². The minimum absolute atomic E-state index is 0. The number of rotatable bonds is 2. The molecule has 4 aromatic heterocycles. The average Bonchev–Trinajstić information content (AvgIpc) is 3.39. The standard InChI is InChI=1S/C12H10N.C9H6N5.Ir/c1-10-5-7-11(8-6-10)12-4-2-3-9-13-12;1-3-7-8(10-4-1)13-9(12-7)14-6-2-5-11-14;/h2-7,9H,1H3;1-6H;/q2*-1;. The molecule has 0 aliphatic rings. The van der Waals surface area contributed by atoms with Crippen LogP contribution >= 0.6 is 0 Å². The Morgan fingerprint density at radius 2 is 1.82 bits per heavy atom. The van der Waals surface area contributed by atoms with Crippen LogP contribution in [-0.2, 0) is 20.1 Å². The maximum absolute atomic E-state index is 4.28. The van der Waals surface area contributed by atoms with Crippen LogP contribution in [0.3, 0.4) is 0 Å². The topological polar surface area (TPSA) is 70.6 Å². The second-order valence-corrected chi connectivity index (χ2v) is 5.82. The van der Waals surface area contributed by atoms with E-state index in [1.807, 2.05) is 48.5 Å². The SMILES string of the molecule is Cc1c[c-]c(-c2ccccn2)cc1.[Ir].c1cnc2[n-]c(-n3cccn3)nc2c1. The Labute approximate surface area is 176 Å². The van der Waals surface area contributed by atoms with E-state index in [-0.39, 0.29) is 20.1 Å². The molecule has 28 heavy (non-hydrogen) atoms. The quantitative estimate of drug-likeness (QED) is 0.318. The van der Waals surface area contributed by atoms with Gasteiger partial charge in [-0.15, -0.1) is 35.4 Å². The van der Waals surface area contributed by atoms with Crippen molar-refractivity contribution in [1.29, 1.82) is 0 Å². The molecule has 0 spiro atoms. The van der Waals surface area contributed by atoms with Gasteiger partial charge in [-0.3, -0.25) is 4.68 Å². The fourth-order valence-corrected chi connectivity index (χ4v) is 2.46. The third kappa shape index (κ3) is 4.57. The van der Waals surface area contributed by atoms with Gasteiger partial charge in [-0.1, -0.05) is 25.1 Å². The predicted molar refractivity (Wildman–Crippen MR) is 103 cm³/mol. The molecule has 141 valence electrons. The fraction of sp³-hybridized carbons (Fsp3) is 0.0476. The largest absolute Gasteiger partial charge is 0.335 e. The van der Waals surface area contributed by atoms with Crippen molar-refractivity contribution in [3.8, 4) is 17.2 Å². The van der Waals surface area contributed by atoms with E-state index in [4.69, 9.17) is 0 Å². The van der Waals surface area contributed by atoms with E-state index in [0.29, 0.717) is 11.6 Å². The van der Waals surface area contributed by atoms with Gasteiger partial charge in [-0.25, -0.2) is 5.10 Å². The van der Waals surface area contributed by atoms with Gasteiger partial charge in [-0.2, -0.15) is 0 Å². The van der Waals surface area contributed by atoms with Crippen LogP contribution in [0.1, 0.15) is 5.56 Å². The molecule has 0 fully saturated rings. The molecule has 1 aromatic carbocycles. The third-order valence-corrected chi connectivity index (χ3v) is 3.81. The van der Waals surface area contributed by atoms with Gasteiger partial charge in [-0.05, 0) is 36.3 Å². The van der Waals surface area contributed by atoms with Crippen LogP contribution in [0.5, 0.6) is 0 Å². The minimum Gasteiger partial charge on any atom is -0.335 e. The van der Waals surface area contributed by atoms with E-state index in [2.05, 4.69) is 44.1 Å². The molecule has 5 aromatic rings. The Morgan fingerprint density at radius 3 is 2.50 bits per heavy atom. The van der Waals surface area contributed by atoms with E-state index < -0.39 is 0 Å². The van der Waals surface area contributed by atoms with Crippen LogP contribution in [0, 0.1) is 13.0 Å². The number of nitrogens with zero attached hydrogens (tertiary/aromatic N) is 6. The zero-order valence-corrected chi connectivity index (χ0v) is 17.4. The molecule has 5 rings (SSSR count). The van der Waals surface area contributed by atoms with E-state index in [1.165, 1.54) is 5.56 Å². The van der Waals surface area contributed by atoms with Crippen molar-refractivity contribution in [2.75, 3.05) is 0 Å². The molecule has 0 saturated heterocycles. The van der Waals surface area contributed by atoms with E-state index in [1.54, 1.807) is 29.5 Å². The summed E-state index contributed by atoms with van der Waals surface area (Å²) >= 11 is 0. The first-order chi connectivity index (χ1) is 13.3. The van der Waals surface area contributed by atoms with Crippen molar-refractivity contribution in [2.45, 2.75) is 6.92 Å². The third-order valence-electron chi connectivity index (χ3n) is 3.81. The summed E-state index contributed by atoms with van der Waals surface area (Å²) in [5, 5.41) is 4.05. The zero-order valence-electron chi connectivity index (χ0n) is 15.0. The van der Waals surface area contributed by atoms with Crippen LogP contribution in [0.4, 0.5) is 0 Å². The molecule has 0 N–H and O–H groups in total. The Morgan fingerprint density at radius 1 is 0.929 bits per heavy atom. The molecular weight excluding hydrogens is 528 g/mol. The van der Waals surface area contributed by atoms with Crippen molar-refractivity contribution < 1.29 is 20.1 Å².